The summed E-state index contributed by atoms with van der Waals surface area (Å²) in [5, 5.41) is 8.70. The molecule has 1 aliphatic carbocycles. The van der Waals surface area contributed by atoms with Gasteiger partial charge in [0.25, 0.3) is 11.5 Å². The zero-order valence-corrected chi connectivity index (χ0v) is 22.3. The van der Waals surface area contributed by atoms with Gasteiger partial charge in [0, 0.05) is 23.0 Å². The minimum absolute atomic E-state index is 0. The van der Waals surface area contributed by atoms with Gasteiger partial charge in [0.1, 0.15) is 16.7 Å². The van der Waals surface area contributed by atoms with Crippen molar-refractivity contribution < 1.29 is 18.8 Å². The molecule has 38 heavy (non-hydrogen) atoms. The van der Waals surface area contributed by atoms with Crippen LogP contribution >= 0.6 is 24.0 Å². The molecule has 1 aliphatic rings. The highest BCUT2D eigenvalue weighted by Gasteiger charge is 2.31. The van der Waals surface area contributed by atoms with Gasteiger partial charge in [0.15, 0.2) is 0 Å². The first-order valence-corrected chi connectivity index (χ1v) is 12.6. The number of ether oxygens (including phenoxy) is 1. The summed E-state index contributed by atoms with van der Waals surface area (Å²) < 4.78 is 12.5. The van der Waals surface area contributed by atoms with E-state index in [-0.39, 0.29) is 36.6 Å². The quantitative estimate of drug-likeness (QED) is 0.336. The van der Waals surface area contributed by atoms with Crippen molar-refractivity contribution in [2.75, 3.05) is 6.54 Å². The van der Waals surface area contributed by atoms with E-state index in [9.17, 15) is 14.4 Å². The van der Waals surface area contributed by atoms with Gasteiger partial charge >= 0.3 is 5.97 Å². The highest BCUT2D eigenvalue weighted by molar-refractivity contribution is 6.37. The normalized spacial score (nSPS) is 18.1. The van der Waals surface area contributed by atoms with Crippen LogP contribution in [0, 0.1) is 6.92 Å². The average molecular weight is 559 g/mol. The van der Waals surface area contributed by atoms with Crippen LogP contribution in [0.15, 0.2) is 57.8 Å². The topological polar surface area (TPSA) is 129 Å². The molecule has 3 atom stereocenters. The second-order valence-corrected chi connectivity index (χ2v) is 9.69. The number of amides is 1. The number of pyridine rings is 1. The van der Waals surface area contributed by atoms with E-state index in [1.807, 2.05) is 12.1 Å². The molecule has 0 saturated heterocycles. The van der Waals surface area contributed by atoms with Crippen LogP contribution in [0.4, 0.5) is 0 Å². The van der Waals surface area contributed by atoms with E-state index in [0.29, 0.717) is 44.6 Å². The van der Waals surface area contributed by atoms with Gasteiger partial charge in [0.05, 0.1) is 17.1 Å². The molecule has 0 aliphatic heterocycles. The smallest absolute Gasteiger partial charge is 0.320 e. The van der Waals surface area contributed by atoms with E-state index < -0.39 is 18.0 Å². The maximum Gasteiger partial charge on any atom is 0.320 e. The largest absolute Gasteiger partial charge is 0.446 e. The number of nitrogens with two attached hydrogens (primary N) is 1. The fraction of sp³-hybridized carbons (Fsp3) is 0.333. The summed E-state index contributed by atoms with van der Waals surface area (Å²) in [5.74, 6) is -0.661. The van der Waals surface area contributed by atoms with Gasteiger partial charge in [-0.15, -0.1) is 12.4 Å². The van der Waals surface area contributed by atoms with E-state index in [2.05, 4.69) is 10.5 Å². The number of nitrogens with zero attached hydrogens (tertiary/aromatic N) is 2. The Hall–Kier alpha value is -3.40. The average Bonchev–Trinajstić information content (AvgIpc) is 3.29. The molecule has 1 fully saturated rings. The number of halogens is 2. The maximum absolute atomic E-state index is 13.7. The van der Waals surface area contributed by atoms with Crippen molar-refractivity contribution in [2.45, 2.75) is 50.8 Å². The van der Waals surface area contributed by atoms with Crippen LogP contribution in [0.2, 0.25) is 5.02 Å². The van der Waals surface area contributed by atoms with Crippen molar-refractivity contribution >= 4 is 57.7 Å². The molecule has 4 aromatic rings. The standard InChI is InChI=1S/C27H27ClN4O5.ClH/c1-15-22-24(31-37-15)23-19(28)11-6-12-20(23)32(27(22)35)18-10-5-9-17(13-18)30-26(34)25(36-21(33)14-29)16-7-3-2-4-8-16;/h2-4,6-8,11-12,17-18,25H,5,9-10,13-14,29H2,1H3,(H,30,34);1H/t17-,18-,25-;/m0./s1. The fourth-order valence-corrected chi connectivity index (χ4v) is 5.48. The molecule has 0 unspecified atom stereocenters. The number of hydrogen-bond donors (Lipinski definition) is 2. The van der Waals surface area contributed by atoms with Crippen molar-refractivity contribution in [2.24, 2.45) is 5.73 Å². The molecule has 3 N–H and O–H groups in total. The lowest BCUT2D eigenvalue weighted by Gasteiger charge is -2.32. The van der Waals surface area contributed by atoms with Gasteiger partial charge in [-0.25, -0.2) is 0 Å². The first kappa shape index (κ1) is 27.6. The number of hydrogen-bond acceptors (Lipinski definition) is 7. The number of carbonyl (C=O) groups is 2. The summed E-state index contributed by atoms with van der Waals surface area (Å²) in [6.07, 6.45) is 1.69. The second-order valence-electron chi connectivity index (χ2n) is 9.28. The summed E-state index contributed by atoms with van der Waals surface area (Å²) in [5.41, 5.74) is 6.91. The van der Waals surface area contributed by atoms with Crippen LogP contribution in [-0.4, -0.2) is 34.2 Å². The van der Waals surface area contributed by atoms with Gasteiger partial charge in [0.2, 0.25) is 6.10 Å². The van der Waals surface area contributed by atoms with Gasteiger partial charge in [-0.3, -0.25) is 14.4 Å². The molecule has 11 heteroatoms. The number of rotatable bonds is 6. The van der Waals surface area contributed by atoms with Crippen LogP contribution in [-0.2, 0) is 14.3 Å². The number of nitrogens with one attached hydrogen (secondary N) is 1. The Bertz CT molecular complexity index is 1540. The summed E-state index contributed by atoms with van der Waals surface area (Å²) >= 11 is 6.55. The van der Waals surface area contributed by atoms with Crippen LogP contribution in [0.25, 0.3) is 21.8 Å². The molecule has 0 bridgehead atoms. The summed E-state index contributed by atoms with van der Waals surface area (Å²) in [6.45, 7) is 1.38. The Labute approximate surface area is 229 Å². The molecular weight excluding hydrogens is 531 g/mol. The third-order valence-electron chi connectivity index (χ3n) is 6.90. The predicted molar refractivity (Wildman–Crippen MR) is 147 cm³/mol. The Morgan fingerprint density at radius 3 is 2.68 bits per heavy atom. The van der Waals surface area contributed by atoms with Crippen LogP contribution in [0.3, 0.4) is 0 Å². The SMILES string of the molecule is Cc1onc2c1c(=O)n([C@H]1CCC[C@H](NC(=O)[C@@H](OC(=O)CN)c3ccccc3)C1)c1cccc(Cl)c21.Cl. The molecule has 9 nitrogen and oxygen atoms in total. The zero-order valence-electron chi connectivity index (χ0n) is 20.7. The van der Waals surface area contributed by atoms with Gasteiger partial charge in [-0.05, 0) is 44.7 Å². The third kappa shape index (κ3) is 5.14. The molecule has 1 amide bonds. The summed E-state index contributed by atoms with van der Waals surface area (Å²) in [6, 6.07) is 13.8. The van der Waals surface area contributed by atoms with E-state index in [1.165, 1.54) is 0 Å². The Morgan fingerprint density at radius 1 is 1.18 bits per heavy atom. The molecule has 5 rings (SSSR count). The first-order chi connectivity index (χ1) is 17.9. The minimum Gasteiger partial charge on any atom is -0.446 e. The van der Waals surface area contributed by atoms with E-state index in [1.54, 1.807) is 47.9 Å². The van der Waals surface area contributed by atoms with Crippen molar-refractivity contribution in [3.8, 4) is 0 Å². The highest BCUT2D eigenvalue weighted by atomic mass is 35.5. The molecule has 2 aromatic heterocycles. The molecule has 0 radical (unpaired) electrons. The van der Waals surface area contributed by atoms with E-state index in [4.69, 9.17) is 26.6 Å². The summed E-state index contributed by atoms with van der Waals surface area (Å²) in [4.78, 5) is 38.9. The number of aromatic nitrogens is 2. The lowest BCUT2D eigenvalue weighted by molar-refractivity contribution is -0.155. The molecule has 2 aromatic carbocycles. The van der Waals surface area contributed by atoms with Crippen molar-refractivity contribution in [3.63, 3.8) is 0 Å². The van der Waals surface area contributed by atoms with Crippen LogP contribution < -0.4 is 16.6 Å². The number of fused-ring (bicyclic) bond motifs is 3. The molecule has 1 saturated carbocycles. The lowest BCUT2D eigenvalue weighted by Crippen LogP contribution is -2.43. The highest BCUT2D eigenvalue weighted by Crippen LogP contribution is 2.35. The second kappa shape index (κ2) is 11.6. The third-order valence-corrected chi connectivity index (χ3v) is 7.21. The van der Waals surface area contributed by atoms with Crippen molar-refractivity contribution in [1.82, 2.24) is 15.0 Å². The maximum atomic E-state index is 13.7. The van der Waals surface area contributed by atoms with Gasteiger partial charge in [-0.2, -0.15) is 0 Å². The van der Waals surface area contributed by atoms with Crippen LogP contribution in [0.1, 0.15) is 49.2 Å². The molecule has 0 spiro atoms. The first-order valence-electron chi connectivity index (χ1n) is 12.2. The molecular formula is C27H28Cl2N4O5. The predicted octanol–water partition coefficient (Wildman–Crippen LogP) is 4.37. The number of benzene rings is 2. The van der Waals surface area contributed by atoms with Crippen molar-refractivity contribution in [1.29, 1.82) is 0 Å². The Balaban J connectivity index is 0.00000336. The van der Waals surface area contributed by atoms with Crippen molar-refractivity contribution in [3.05, 3.63) is 75.2 Å². The lowest BCUT2D eigenvalue weighted by atomic mass is 9.89. The Morgan fingerprint density at radius 2 is 1.95 bits per heavy atom. The monoisotopic (exact) mass is 558 g/mol. The number of esters is 1. The zero-order chi connectivity index (χ0) is 26.1. The fourth-order valence-electron chi connectivity index (χ4n) is 5.22. The summed E-state index contributed by atoms with van der Waals surface area (Å²) in [7, 11) is 0. The van der Waals surface area contributed by atoms with Crippen LogP contribution in [0.5, 0.6) is 0 Å². The van der Waals surface area contributed by atoms with E-state index >= 15 is 0 Å². The van der Waals surface area contributed by atoms with E-state index in [0.717, 1.165) is 19.3 Å². The molecule has 200 valence electrons. The number of aryl methyl sites for hydroxylation is 1. The minimum atomic E-state index is -1.11. The van der Waals surface area contributed by atoms with Gasteiger partial charge in [-0.1, -0.05) is 53.2 Å². The van der Waals surface area contributed by atoms with Gasteiger partial charge < -0.3 is 24.9 Å². The molecule has 2 heterocycles. The number of carbonyl (C=O) groups excluding carboxylic acids is 2. The Kier molecular flexibility index (Phi) is 8.40.